The number of benzene rings is 1. The molecule has 6 heteroatoms. The number of ether oxygens (including phenoxy) is 2. The SMILES string of the molecule is CCCOc1cccc(-c2cc(-c3ccc(N4CCOC(C)C4)nc3)n[nH]2)c1. The Kier molecular flexibility index (Phi) is 5.58. The first kappa shape index (κ1) is 18.5. The van der Waals surface area contributed by atoms with Crippen LogP contribution in [0.2, 0.25) is 0 Å². The zero-order valence-corrected chi connectivity index (χ0v) is 16.4. The minimum absolute atomic E-state index is 0.237. The van der Waals surface area contributed by atoms with Gasteiger partial charge >= 0.3 is 0 Å². The van der Waals surface area contributed by atoms with Crippen LogP contribution < -0.4 is 9.64 Å². The summed E-state index contributed by atoms with van der Waals surface area (Å²) in [5, 5.41) is 7.60. The second kappa shape index (κ2) is 8.44. The third-order valence-electron chi connectivity index (χ3n) is 4.80. The van der Waals surface area contributed by atoms with Crippen LogP contribution in [0, 0.1) is 0 Å². The summed E-state index contributed by atoms with van der Waals surface area (Å²) in [6.07, 6.45) is 3.11. The van der Waals surface area contributed by atoms with Crippen molar-refractivity contribution in [3.05, 3.63) is 48.7 Å². The van der Waals surface area contributed by atoms with Gasteiger partial charge in [0.05, 0.1) is 30.7 Å². The van der Waals surface area contributed by atoms with Crippen LogP contribution in [0.25, 0.3) is 22.5 Å². The van der Waals surface area contributed by atoms with Crippen molar-refractivity contribution < 1.29 is 9.47 Å². The number of rotatable bonds is 6. The smallest absolute Gasteiger partial charge is 0.128 e. The first-order valence-electron chi connectivity index (χ1n) is 9.84. The van der Waals surface area contributed by atoms with E-state index >= 15 is 0 Å². The summed E-state index contributed by atoms with van der Waals surface area (Å²) >= 11 is 0. The van der Waals surface area contributed by atoms with Gasteiger partial charge in [0.2, 0.25) is 0 Å². The molecule has 1 saturated heterocycles. The quantitative estimate of drug-likeness (QED) is 0.698. The lowest BCUT2D eigenvalue weighted by atomic mass is 10.1. The first-order chi connectivity index (χ1) is 13.7. The Balaban J connectivity index is 1.50. The van der Waals surface area contributed by atoms with E-state index < -0.39 is 0 Å². The van der Waals surface area contributed by atoms with Crippen LogP contribution in [0.3, 0.4) is 0 Å². The van der Waals surface area contributed by atoms with Crippen molar-refractivity contribution in [1.82, 2.24) is 15.2 Å². The number of hydrogen-bond donors (Lipinski definition) is 1. The van der Waals surface area contributed by atoms with Crippen molar-refractivity contribution in [1.29, 1.82) is 0 Å². The van der Waals surface area contributed by atoms with E-state index in [-0.39, 0.29) is 6.10 Å². The largest absolute Gasteiger partial charge is 0.494 e. The molecule has 1 fully saturated rings. The fraction of sp³-hybridized carbons (Fsp3) is 0.364. The summed E-state index contributed by atoms with van der Waals surface area (Å²) in [6.45, 7) is 7.40. The lowest BCUT2D eigenvalue weighted by Crippen LogP contribution is -2.41. The predicted molar refractivity (Wildman–Crippen MR) is 111 cm³/mol. The summed E-state index contributed by atoms with van der Waals surface area (Å²) in [7, 11) is 0. The molecular weight excluding hydrogens is 352 g/mol. The average Bonchev–Trinajstić information content (AvgIpc) is 3.23. The van der Waals surface area contributed by atoms with E-state index in [9.17, 15) is 0 Å². The lowest BCUT2D eigenvalue weighted by Gasteiger charge is -2.32. The van der Waals surface area contributed by atoms with Crippen LogP contribution in [0.4, 0.5) is 5.82 Å². The Morgan fingerprint density at radius 1 is 1.21 bits per heavy atom. The molecule has 0 bridgehead atoms. The van der Waals surface area contributed by atoms with Crippen LogP contribution in [-0.2, 0) is 4.74 Å². The third-order valence-corrected chi connectivity index (χ3v) is 4.80. The Morgan fingerprint density at radius 2 is 2.14 bits per heavy atom. The van der Waals surface area contributed by atoms with Crippen LogP contribution in [-0.4, -0.2) is 47.6 Å². The Labute approximate surface area is 165 Å². The molecule has 4 rings (SSSR count). The number of nitrogens with zero attached hydrogens (tertiary/aromatic N) is 3. The highest BCUT2D eigenvalue weighted by molar-refractivity contribution is 5.69. The fourth-order valence-electron chi connectivity index (χ4n) is 3.34. The highest BCUT2D eigenvalue weighted by Gasteiger charge is 2.18. The summed E-state index contributed by atoms with van der Waals surface area (Å²) in [5.74, 6) is 1.86. The number of aromatic amines is 1. The molecule has 1 aromatic carbocycles. The van der Waals surface area contributed by atoms with Crippen molar-refractivity contribution in [2.75, 3.05) is 31.2 Å². The number of pyridine rings is 1. The van der Waals surface area contributed by atoms with Gasteiger partial charge < -0.3 is 14.4 Å². The average molecular weight is 378 g/mol. The monoisotopic (exact) mass is 378 g/mol. The maximum absolute atomic E-state index is 5.73. The number of hydrogen-bond acceptors (Lipinski definition) is 5. The van der Waals surface area contributed by atoms with Gasteiger partial charge in [0.15, 0.2) is 0 Å². The third kappa shape index (κ3) is 4.17. The maximum Gasteiger partial charge on any atom is 0.128 e. The normalized spacial score (nSPS) is 16.9. The molecule has 3 aromatic rings. The molecule has 0 saturated carbocycles. The second-order valence-electron chi connectivity index (χ2n) is 7.08. The fourth-order valence-corrected chi connectivity index (χ4v) is 3.34. The summed E-state index contributed by atoms with van der Waals surface area (Å²) < 4.78 is 11.3. The van der Waals surface area contributed by atoms with E-state index in [1.54, 1.807) is 0 Å². The Bertz CT molecular complexity index is 907. The van der Waals surface area contributed by atoms with Gasteiger partial charge in [0.1, 0.15) is 11.6 Å². The first-order valence-corrected chi connectivity index (χ1v) is 9.84. The number of nitrogens with one attached hydrogen (secondary N) is 1. The molecule has 1 aliphatic rings. The van der Waals surface area contributed by atoms with E-state index in [4.69, 9.17) is 9.47 Å². The van der Waals surface area contributed by atoms with Crippen molar-refractivity contribution in [3.8, 4) is 28.3 Å². The molecule has 1 atom stereocenters. The van der Waals surface area contributed by atoms with Crippen LogP contribution >= 0.6 is 0 Å². The molecule has 0 aliphatic carbocycles. The van der Waals surface area contributed by atoms with Crippen LogP contribution in [0.15, 0.2) is 48.7 Å². The molecule has 0 radical (unpaired) electrons. The molecule has 0 spiro atoms. The lowest BCUT2D eigenvalue weighted by molar-refractivity contribution is 0.0529. The predicted octanol–water partition coefficient (Wildman–Crippen LogP) is 4.15. The van der Waals surface area contributed by atoms with Gasteiger partial charge in [-0.3, -0.25) is 5.10 Å². The van der Waals surface area contributed by atoms with Crippen LogP contribution in [0.1, 0.15) is 20.3 Å². The molecule has 3 heterocycles. The highest BCUT2D eigenvalue weighted by Crippen LogP contribution is 2.27. The van der Waals surface area contributed by atoms with Crippen molar-refractivity contribution in [2.24, 2.45) is 0 Å². The van der Waals surface area contributed by atoms with E-state index in [1.165, 1.54) is 0 Å². The molecule has 6 nitrogen and oxygen atoms in total. The van der Waals surface area contributed by atoms with Gasteiger partial charge in [-0.25, -0.2) is 4.98 Å². The minimum Gasteiger partial charge on any atom is -0.494 e. The van der Waals surface area contributed by atoms with E-state index in [0.29, 0.717) is 0 Å². The summed E-state index contributed by atoms with van der Waals surface area (Å²) in [6, 6.07) is 14.2. The number of H-pyrrole nitrogens is 1. The summed E-state index contributed by atoms with van der Waals surface area (Å²) in [4.78, 5) is 6.90. The van der Waals surface area contributed by atoms with Gasteiger partial charge in [-0.05, 0) is 43.7 Å². The Morgan fingerprint density at radius 3 is 2.93 bits per heavy atom. The van der Waals surface area contributed by atoms with Crippen LogP contribution in [0.5, 0.6) is 5.75 Å². The highest BCUT2D eigenvalue weighted by atomic mass is 16.5. The molecule has 1 unspecified atom stereocenters. The van der Waals surface area contributed by atoms with Gasteiger partial charge in [0, 0.05) is 30.4 Å². The molecule has 28 heavy (non-hydrogen) atoms. The van der Waals surface area contributed by atoms with E-state index in [1.807, 2.05) is 30.5 Å². The van der Waals surface area contributed by atoms with E-state index in [2.05, 4.69) is 52.1 Å². The Hall–Kier alpha value is -2.86. The van der Waals surface area contributed by atoms with Crippen molar-refractivity contribution in [3.63, 3.8) is 0 Å². The maximum atomic E-state index is 5.73. The van der Waals surface area contributed by atoms with Gasteiger partial charge in [-0.2, -0.15) is 5.10 Å². The zero-order valence-electron chi connectivity index (χ0n) is 16.4. The van der Waals surface area contributed by atoms with Gasteiger partial charge in [-0.15, -0.1) is 0 Å². The number of anilines is 1. The van der Waals surface area contributed by atoms with Gasteiger partial charge in [-0.1, -0.05) is 19.1 Å². The summed E-state index contributed by atoms with van der Waals surface area (Å²) in [5.41, 5.74) is 3.89. The molecule has 2 aromatic heterocycles. The molecule has 1 aliphatic heterocycles. The second-order valence-corrected chi connectivity index (χ2v) is 7.08. The molecule has 146 valence electrons. The molecular formula is C22H26N4O2. The van der Waals surface area contributed by atoms with E-state index in [0.717, 1.165) is 66.8 Å². The topological polar surface area (TPSA) is 63.3 Å². The van der Waals surface area contributed by atoms with Crippen molar-refractivity contribution >= 4 is 5.82 Å². The van der Waals surface area contributed by atoms with Gasteiger partial charge in [0.25, 0.3) is 0 Å². The molecule has 0 amide bonds. The molecule has 1 N–H and O–H groups in total. The number of morpholine rings is 1. The number of aromatic nitrogens is 3. The standard InChI is InChI=1S/C22H26N4O2/c1-3-10-28-19-6-4-5-17(12-19)20-13-21(25-24-20)18-7-8-22(23-14-18)26-9-11-27-16(2)15-26/h4-8,12-14,16H,3,9-11,15H2,1-2H3,(H,24,25). The minimum atomic E-state index is 0.237. The zero-order chi connectivity index (χ0) is 19.3. The van der Waals surface area contributed by atoms with Crippen molar-refractivity contribution in [2.45, 2.75) is 26.4 Å².